The van der Waals surface area contributed by atoms with Gasteiger partial charge in [-0.25, -0.2) is 9.69 Å². The first-order chi connectivity index (χ1) is 14.9. The Balaban J connectivity index is 1.57. The van der Waals surface area contributed by atoms with E-state index in [4.69, 9.17) is 5.73 Å². The fourth-order valence-electron chi connectivity index (χ4n) is 4.29. The molecule has 1 aliphatic heterocycles. The van der Waals surface area contributed by atoms with Crippen LogP contribution in [0.1, 0.15) is 59.7 Å². The van der Waals surface area contributed by atoms with E-state index in [1.165, 1.54) is 24.0 Å². The minimum absolute atomic E-state index is 0.0732. The van der Waals surface area contributed by atoms with Gasteiger partial charge in [-0.15, -0.1) is 0 Å². The number of amides is 5. The summed E-state index contributed by atoms with van der Waals surface area (Å²) in [5.74, 6) is -1.10. The lowest BCUT2D eigenvalue weighted by atomic mass is 9.94. The van der Waals surface area contributed by atoms with Crippen molar-refractivity contribution in [2.45, 2.75) is 45.1 Å². The third kappa shape index (κ3) is 3.88. The van der Waals surface area contributed by atoms with E-state index < -0.39 is 11.9 Å². The molecule has 160 valence electrons. The SMILES string of the molecule is CC(=O)N(C(=O)Nc1ccc2c(c1)C(=O)N(C1CCCCC1)C2=O)c1cccc(N)c1. The highest BCUT2D eigenvalue weighted by Crippen LogP contribution is 2.32. The van der Waals surface area contributed by atoms with E-state index in [-0.39, 0.29) is 23.4 Å². The zero-order valence-corrected chi connectivity index (χ0v) is 17.3. The maximum absolute atomic E-state index is 13.0. The molecule has 2 aliphatic rings. The molecule has 0 unspecified atom stereocenters. The van der Waals surface area contributed by atoms with E-state index in [0.29, 0.717) is 22.6 Å². The lowest BCUT2D eigenvalue weighted by Gasteiger charge is -2.29. The third-order valence-corrected chi connectivity index (χ3v) is 5.76. The minimum atomic E-state index is -0.682. The molecule has 0 radical (unpaired) electrons. The maximum Gasteiger partial charge on any atom is 0.333 e. The van der Waals surface area contributed by atoms with Crippen molar-refractivity contribution in [1.82, 2.24) is 4.90 Å². The molecule has 3 N–H and O–H groups in total. The van der Waals surface area contributed by atoms with Crippen LogP contribution in [-0.2, 0) is 4.79 Å². The van der Waals surface area contributed by atoms with Gasteiger partial charge >= 0.3 is 6.03 Å². The van der Waals surface area contributed by atoms with Crippen LogP contribution in [-0.4, -0.2) is 34.7 Å². The number of benzene rings is 2. The summed E-state index contributed by atoms with van der Waals surface area (Å²) in [6, 6.07) is 10.3. The van der Waals surface area contributed by atoms with E-state index in [1.54, 1.807) is 30.3 Å². The number of nitrogens with zero attached hydrogens (tertiary/aromatic N) is 2. The van der Waals surface area contributed by atoms with Crippen LogP contribution < -0.4 is 16.0 Å². The van der Waals surface area contributed by atoms with Crippen LogP contribution >= 0.6 is 0 Å². The summed E-state index contributed by atoms with van der Waals surface area (Å²) < 4.78 is 0. The molecule has 1 fully saturated rings. The summed E-state index contributed by atoms with van der Waals surface area (Å²) in [6.45, 7) is 1.27. The highest BCUT2D eigenvalue weighted by molar-refractivity contribution is 6.22. The standard InChI is InChI=1S/C23H24N4O4/c1-14(28)26(18-9-5-6-15(24)12-18)23(31)25-16-10-11-19-20(13-16)22(30)27(21(19)29)17-7-3-2-4-8-17/h5-6,9-13,17H,2-4,7-8,24H2,1H3,(H,25,31). The van der Waals surface area contributed by atoms with Crippen molar-refractivity contribution in [3.8, 4) is 0 Å². The molecule has 0 aromatic heterocycles. The fourth-order valence-corrected chi connectivity index (χ4v) is 4.29. The van der Waals surface area contributed by atoms with Gasteiger partial charge in [0.25, 0.3) is 11.8 Å². The van der Waals surface area contributed by atoms with E-state index in [2.05, 4.69) is 5.32 Å². The van der Waals surface area contributed by atoms with Gasteiger partial charge in [-0.1, -0.05) is 25.3 Å². The highest BCUT2D eigenvalue weighted by atomic mass is 16.2. The molecule has 8 nitrogen and oxygen atoms in total. The Morgan fingerprint density at radius 1 is 1.00 bits per heavy atom. The molecule has 1 aliphatic carbocycles. The number of hydrogen-bond donors (Lipinski definition) is 2. The molecular weight excluding hydrogens is 396 g/mol. The van der Waals surface area contributed by atoms with Crippen molar-refractivity contribution in [1.29, 1.82) is 0 Å². The van der Waals surface area contributed by atoms with Crippen LogP contribution in [0.25, 0.3) is 0 Å². The summed E-state index contributed by atoms with van der Waals surface area (Å²) in [6.07, 6.45) is 4.77. The number of carbonyl (C=O) groups is 4. The minimum Gasteiger partial charge on any atom is -0.399 e. The van der Waals surface area contributed by atoms with E-state index in [1.807, 2.05) is 0 Å². The van der Waals surface area contributed by atoms with Crippen LogP contribution in [0.5, 0.6) is 0 Å². The number of urea groups is 1. The van der Waals surface area contributed by atoms with Crippen LogP contribution in [0, 0.1) is 0 Å². The average Bonchev–Trinajstić information content (AvgIpc) is 2.98. The fraction of sp³-hybridized carbons (Fsp3) is 0.304. The second-order valence-corrected chi connectivity index (χ2v) is 7.91. The van der Waals surface area contributed by atoms with E-state index in [9.17, 15) is 19.2 Å². The number of hydrogen-bond acceptors (Lipinski definition) is 5. The normalized spacial score (nSPS) is 16.2. The van der Waals surface area contributed by atoms with Crippen LogP contribution in [0.4, 0.5) is 21.9 Å². The van der Waals surface area contributed by atoms with Crippen LogP contribution in [0.2, 0.25) is 0 Å². The van der Waals surface area contributed by atoms with Crippen molar-refractivity contribution in [2.75, 3.05) is 16.0 Å². The summed E-state index contributed by atoms with van der Waals surface area (Å²) in [5.41, 5.74) is 7.46. The average molecular weight is 420 g/mol. The number of nitrogens with two attached hydrogens (primary N) is 1. The Morgan fingerprint density at radius 2 is 1.71 bits per heavy atom. The van der Waals surface area contributed by atoms with Gasteiger partial charge in [0.2, 0.25) is 5.91 Å². The van der Waals surface area contributed by atoms with Crippen molar-refractivity contribution in [2.24, 2.45) is 0 Å². The quantitative estimate of drug-likeness (QED) is 0.580. The Kier molecular flexibility index (Phi) is 5.46. The monoisotopic (exact) mass is 420 g/mol. The molecule has 2 aromatic rings. The highest BCUT2D eigenvalue weighted by Gasteiger charge is 2.40. The summed E-state index contributed by atoms with van der Waals surface area (Å²) in [5, 5.41) is 2.64. The number of nitrogens with one attached hydrogen (secondary N) is 1. The van der Waals surface area contributed by atoms with E-state index >= 15 is 0 Å². The second kappa shape index (κ2) is 8.22. The summed E-state index contributed by atoms with van der Waals surface area (Å²) in [4.78, 5) is 53.0. The number of nitrogen functional groups attached to an aromatic ring is 1. The molecule has 4 rings (SSSR count). The molecule has 1 heterocycles. The molecule has 0 bridgehead atoms. The van der Waals surface area contributed by atoms with Gasteiger partial charge in [0.15, 0.2) is 0 Å². The van der Waals surface area contributed by atoms with Gasteiger partial charge in [0, 0.05) is 24.3 Å². The summed E-state index contributed by atoms with van der Waals surface area (Å²) >= 11 is 0. The second-order valence-electron chi connectivity index (χ2n) is 7.91. The van der Waals surface area contributed by atoms with Crippen molar-refractivity contribution in [3.05, 3.63) is 53.6 Å². The first-order valence-electron chi connectivity index (χ1n) is 10.4. The molecule has 0 spiro atoms. The molecule has 8 heteroatoms. The van der Waals surface area contributed by atoms with Gasteiger partial charge in [0.1, 0.15) is 0 Å². The van der Waals surface area contributed by atoms with Gasteiger partial charge in [-0.05, 0) is 49.2 Å². The zero-order valence-electron chi connectivity index (χ0n) is 17.3. The predicted molar refractivity (Wildman–Crippen MR) is 117 cm³/mol. The molecule has 0 saturated heterocycles. The van der Waals surface area contributed by atoms with Crippen molar-refractivity contribution >= 4 is 40.8 Å². The van der Waals surface area contributed by atoms with Crippen molar-refractivity contribution < 1.29 is 19.2 Å². The molecule has 1 saturated carbocycles. The largest absolute Gasteiger partial charge is 0.399 e. The maximum atomic E-state index is 13.0. The Labute approximate surface area is 180 Å². The molecule has 5 amide bonds. The Hall–Kier alpha value is -3.68. The Morgan fingerprint density at radius 3 is 2.39 bits per heavy atom. The van der Waals surface area contributed by atoms with Gasteiger partial charge in [-0.3, -0.25) is 19.3 Å². The zero-order chi connectivity index (χ0) is 22.1. The summed E-state index contributed by atoms with van der Waals surface area (Å²) in [7, 11) is 0. The molecular formula is C23H24N4O4. The number of fused-ring (bicyclic) bond motifs is 1. The number of imide groups is 2. The van der Waals surface area contributed by atoms with Gasteiger partial charge in [-0.2, -0.15) is 0 Å². The Bertz CT molecular complexity index is 1070. The lowest BCUT2D eigenvalue weighted by Crippen LogP contribution is -2.40. The number of anilines is 3. The first-order valence-corrected chi connectivity index (χ1v) is 10.4. The number of rotatable bonds is 3. The molecule has 0 atom stereocenters. The lowest BCUT2D eigenvalue weighted by molar-refractivity contribution is -0.115. The smallest absolute Gasteiger partial charge is 0.333 e. The molecule has 31 heavy (non-hydrogen) atoms. The predicted octanol–water partition coefficient (Wildman–Crippen LogP) is 3.78. The van der Waals surface area contributed by atoms with Crippen LogP contribution in [0.15, 0.2) is 42.5 Å². The van der Waals surface area contributed by atoms with Gasteiger partial charge < -0.3 is 11.1 Å². The van der Waals surface area contributed by atoms with Crippen LogP contribution in [0.3, 0.4) is 0 Å². The van der Waals surface area contributed by atoms with Gasteiger partial charge in [0.05, 0.1) is 16.8 Å². The topological polar surface area (TPSA) is 113 Å². The first kappa shape index (κ1) is 20.6. The molecule has 2 aromatic carbocycles. The third-order valence-electron chi connectivity index (χ3n) is 5.76. The van der Waals surface area contributed by atoms with E-state index in [0.717, 1.165) is 37.0 Å². The van der Waals surface area contributed by atoms with Crippen molar-refractivity contribution in [3.63, 3.8) is 0 Å². The number of carbonyl (C=O) groups excluding carboxylic acids is 4.